The second-order valence-corrected chi connectivity index (χ2v) is 6.97. The highest BCUT2D eigenvalue weighted by Crippen LogP contribution is 2.24. The van der Waals surface area contributed by atoms with E-state index in [1.165, 1.54) is 6.33 Å². The third-order valence-electron chi connectivity index (χ3n) is 4.72. The van der Waals surface area contributed by atoms with E-state index in [-0.39, 0.29) is 11.8 Å². The summed E-state index contributed by atoms with van der Waals surface area (Å²) in [4.78, 5) is 13.4. The van der Waals surface area contributed by atoms with Crippen molar-refractivity contribution in [1.29, 1.82) is 5.41 Å². The molecule has 1 aliphatic rings. The maximum atomic E-state index is 8.61. The molecule has 3 N–H and O–H groups in total. The van der Waals surface area contributed by atoms with Crippen LogP contribution in [0, 0.1) is 5.41 Å². The lowest BCUT2D eigenvalue weighted by Crippen LogP contribution is -2.46. The van der Waals surface area contributed by atoms with Crippen molar-refractivity contribution in [2.24, 2.45) is 0 Å². The van der Waals surface area contributed by atoms with Crippen LogP contribution < -0.4 is 15.4 Å². The molecule has 1 aromatic heterocycles. The lowest BCUT2D eigenvalue weighted by Gasteiger charge is -2.34. The zero-order valence-corrected chi connectivity index (χ0v) is 16.3. The molecule has 1 fully saturated rings. The van der Waals surface area contributed by atoms with Crippen LogP contribution in [0.2, 0.25) is 0 Å². The van der Waals surface area contributed by atoms with E-state index in [4.69, 9.17) is 15.9 Å². The molecule has 7 nitrogen and oxygen atoms in total. The SMILES string of the molecule is CCN1CCN(c2cc(C(=N)c3cc(OC(C)C)ccc3N)ncn2)CC1. The summed E-state index contributed by atoms with van der Waals surface area (Å²) in [7, 11) is 0. The van der Waals surface area contributed by atoms with Gasteiger partial charge in [-0.1, -0.05) is 6.92 Å². The van der Waals surface area contributed by atoms with Gasteiger partial charge in [-0.15, -0.1) is 0 Å². The number of likely N-dealkylation sites (N-methyl/N-ethyl adjacent to an activating group) is 1. The van der Waals surface area contributed by atoms with E-state index < -0.39 is 0 Å². The molecule has 0 spiro atoms. The predicted octanol–water partition coefficient (Wildman–Crippen LogP) is 2.40. The summed E-state index contributed by atoms with van der Waals surface area (Å²) in [5.74, 6) is 1.55. The number of hydrogen-bond acceptors (Lipinski definition) is 7. The molecular weight excluding hydrogens is 340 g/mol. The molecular formula is C20H28N6O. The summed E-state index contributed by atoms with van der Waals surface area (Å²) < 4.78 is 5.74. The maximum Gasteiger partial charge on any atom is 0.132 e. The monoisotopic (exact) mass is 368 g/mol. The Hall–Kier alpha value is -2.67. The van der Waals surface area contributed by atoms with E-state index in [1.54, 1.807) is 12.1 Å². The molecule has 0 saturated carbocycles. The lowest BCUT2D eigenvalue weighted by molar-refractivity contribution is 0.242. The number of aromatic nitrogens is 2. The second kappa shape index (κ2) is 8.35. The smallest absolute Gasteiger partial charge is 0.132 e. The molecule has 0 unspecified atom stereocenters. The van der Waals surface area contributed by atoms with Gasteiger partial charge in [-0.2, -0.15) is 0 Å². The third-order valence-corrected chi connectivity index (χ3v) is 4.72. The Morgan fingerprint density at radius 3 is 2.59 bits per heavy atom. The van der Waals surface area contributed by atoms with E-state index in [2.05, 4.69) is 26.7 Å². The van der Waals surface area contributed by atoms with Crippen LogP contribution in [0.15, 0.2) is 30.6 Å². The van der Waals surface area contributed by atoms with Crippen molar-refractivity contribution in [3.05, 3.63) is 41.9 Å². The Morgan fingerprint density at radius 1 is 1.19 bits per heavy atom. The first-order chi connectivity index (χ1) is 13.0. The van der Waals surface area contributed by atoms with Crippen molar-refractivity contribution in [3.63, 3.8) is 0 Å². The first-order valence-corrected chi connectivity index (χ1v) is 9.42. The largest absolute Gasteiger partial charge is 0.491 e. The number of benzene rings is 1. The second-order valence-electron chi connectivity index (χ2n) is 6.97. The van der Waals surface area contributed by atoms with Crippen LogP contribution in [-0.4, -0.2) is 59.4 Å². The van der Waals surface area contributed by atoms with Gasteiger partial charge < -0.3 is 20.3 Å². The van der Waals surface area contributed by atoms with Crippen molar-refractivity contribution in [1.82, 2.24) is 14.9 Å². The van der Waals surface area contributed by atoms with Gasteiger partial charge in [0.05, 0.1) is 17.5 Å². The first-order valence-electron chi connectivity index (χ1n) is 9.42. The molecule has 1 saturated heterocycles. The summed E-state index contributed by atoms with van der Waals surface area (Å²) >= 11 is 0. The average Bonchev–Trinajstić information content (AvgIpc) is 2.68. The number of nitrogens with two attached hydrogens (primary N) is 1. The van der Waals surface area contributed by atoms with Crippen LogP contribution >= 0.6 is 0 Å². The van der Waals surface area contributed by atoms with Gasteiger partial charge in [-0.25, -0.2) is 9.97 Å². The minimum atomic E-state index is 0.0584. The summed E-state index contributed by atoms with van der Waals surface area (Å²) in [6, 6.07) is 7.28. The Kier molecular flexibility index (Phi) is 5.91. The van der Waals surface area contributed by atoms with Crippen LogP contribution in [-0.2, 0) is 0 Å². The number of hydrogen-bond donors (Lipinski definition) is 2. The molecule has 1 aliphatic heterocycles. The molecule has 7 heteroatoms. The summed E-state index contributed by atoms with van der Waals surface area (Å²) in [6.45, 7) is 11.1. The van der Waals surface area contributed by atoms with Gasteiger partial charge in [0.1, 0.15) is 17.9 Å². The van der Waals surface area contributed by atoms with Crippen molar-refractivity contribution >= 4 is 17.2 Å². The molecule has 144 valence electrons. The van der Waals surface area contributed by atoms with E-state index in [1.807, 2.05) is 26.0 Å². The molecule has 0 radical (unpaired) electrons. The number of nitrogens with one attached hydrogen (secondary N) is 1. The molecule has 0 bridgehead atoms. The number of anilines is 2. The molecule has 2 aromatic rings. The molecule has 0 atom stereocenters. The van der Waals surface area contributed by atoms with Crippen LogP contribution in [0.25, 0.3) is 0 Å². The van der Waals surface area contributed by atoms with Crippen molar-refractivity contribution in [2.75, 3.05) is 43.4 Å². The van der Waals surface area contributed by atoms with Gasteiger partial charge in [0.2, 0.25) is 0 Å². The Morgan fingerprint density at radius 2 is 1.93 bits per heavy atom. The normalized spacial score (nSPS) is 15.2. The van der Waals surface area contributed by atoms with Crippen LogP contribution in [0.5, 0.6) is 5.75 Å². The zero-order valence-electron chi connectivity index (χ0n) is 16.3. The van der Waals surface area contributed by atoms with Gasteiger partial charge >= 0.3 is 0 Å². The van der Waals surface area contributed by atoms with Gasteiger partial charge in [0, 0.05) is 43.5 Å². The fourth-order valence-corrected chi connectivity index (χ4v) is 3.19. The summed E-state index contributed by atoms with van der Waals surface area (Å²) in [5, 5.41) is 8.61. The van der Waals surface area contributed by atoms with Crippen LogP contribution in [0.3, 0.4) is 0 Å². The predicted molar refractivity (Wildman–Crippen MR) is 109 cm³/mol. The number of piperazine rings is 1. The highest BCUT2D eigenvalue weighted by atomic mass is 16.5. The van der Waals surface area contributed by atoms with Gasteiger partial charge in [-0.05, 0) is 38.6 Å². The average molecular weight is 368 g/mol. The standard InChI is InChI=1S/C20H28N6O/c1-4-25-7-9-26(10-8-25)19-12-18(23-13-24-19)20(22)16-11-15(27-14(2)3)5-6-17(16)21/h5-6,11-14,22H,4,7-10,21H2,1-3H3. The quantitative estimate of drug-likeness (QED) is 0.601. The summed E-state index contributed by atoms with van der Waals surface area (Å²) in [6.07, 6.45) is 1.58. The first kappa shape index (κ1) is 19.1. The number of ether oxygens (including phenoxy) is 1. The van der Waals surface area contributed by atoms with Gasteiger partial charge in [0.15, 0.2) is 0 Å². The Balaban J connectivity index is 1.82. The van der Waals surface area contributed by atoms with Gasteiger partial charge in [-0.3, -0.25) is 5.41 Å². The molecule has 2 heterocycles. The summed E-state index contributed by atoms with van der Waals surface area (Å²) in [5.41, 5.74) is 8.11. The third kappa shape index (κ3) is 4.54. The topological polar surface area (TPSA) is 91.4 Å². The highest BCUT2D eigenvalue weighted by molar-refractivity contribution is 6.13. The van der Waals surface area contributed by atoms with E-state index in [0.717, 1.165) is 38.5 Å². The maximum absolute atomic E-state index is 8.61. The van der Waals surface area contributed by atoms with Crippen LogP contribution in [0.4, 0.5) is 11.5 Å². The Bertz CT molecular complexity index is 799. The fourth-order valence-electron chi connectivity index (χ4n) is 3.19. The van der Waals surface area contributed by atoms with Gasteiger partial charge in [0.25, 0.3) is 0 Å². The number of nitrogen functional groups attached to an aromatic ring is 1. The van der Waals surface area contributed by atoms with E-state index in [0.29, 0.717) is 22.7 Å². The minimum absolute atomic E-state index is 0.0584. The van der Waals surface area contributed by atoms with Crippen LogP contribution in [0.1, 0.15) is 32.0 Å². The number of nitrogens with zero attached hydrogens (tertiary/aromatic N) is 4. The van der Waals surface area contributed by atoms with E-state index >= 15 is 0 Å². The highest BCUT2D eigenvalue weighted by Gasteiger charge is 2.19. The molecule has 0 aliphatic carbocycles. The number of rotatable bonds is 6. The van der Waals surface area contributed by atoms with Crippen molar-refractivity contribution in [3.8, 4) is 5.75 Å². The Labute approximate surface area is 160 Å². The molecule has 27 heavy (non-hydrogen) atoms. The molecule has 3 rings (SSSR count). The van der Waals surface area contributed by atoms with Crippen molar-refractivity contribution in [2.45, 2.75) is 26.9 Å². The molecule has 1 aromatic carbocycles. The minimum Gasteiger partial charge on any atom is -0.491 e. The van der Waals surface area contributed by atoms with E-state index in [9.17, 15) is 0 Å². The fraction of sp³-hybridized carbons (Fsp3) is 0.450. The van der Waals surface area contributed by atoms with Crippen molar-refractivity contribution < 1.29 is 4.74 Å². The molecule has 0 amide bonds. The lowest BCUT2D eigenvalue weighted by atomic mass is 10.0. The zero-order chi connectivity index (χ0) is 19.4.